The maximum atomic E-state index is 11.4. The number of amides is 1. The summed E-state index contributed by atoms with van der Waals surface area (Å²) in [5, 5.41) is 2.59. The standard InChI is InChI=1S/C10H20N2O4S/c1-4-6-11-10(13)5-7-12(8-9-16-2)17(3,14)15/h4H,1,5-9H2,2-3H3,(H,11,13). The average Bonchev–Trinajstić information content (AvgIpc) is 2.24. The number of ether oxygens (including phenoxy) is 1. The van der Waals surface area contributed by atoms with Gasteiger partial charge in [0.05, 0.1) is 12.9 Å². The number of rotatable bonds is 9. The van der Waals surface area contributed by atoms with Crippen molar-refractivity contribution in [2.45, 2.75) is 6.42 Å². The van der Waals surface area contributed by atoms with Crippen molar-refractivity contribution >= 4 is 15.9 Å². The van der Waals surface area contributed by atoms with Crippen LogP contribution in [0.1, 0.15) is 6.42 Å². The molecule has 0 heterocycles. The van der Waals surface area contributed by atoms with Crippen LogP contribution >= 0.6 is 0 Å². The number of nitrogens with zero attached hydrogens (tertiary/aromatic N) is 1. The molecule has 0 aromatic heterocycles. The third-order valence-electron chi connectivity index (χ3n) is 2.05. The predicted molar refractivity (Wildman–Crippen MR) is 66.1 cm³/mol. The van der Waals surface area contributed by atoms with Crippen molar-refractivity contribution < 1.29 is 17.9 Å². The number of nitrogens with one attached hydrogen (secondary N) is 1. The average molecular weight is 264 g/mol. The summed E-state index contributed by atoms with van der Waals surface area (Å²) in [6.45, 7) is 4.57. The third-order valence-corrected chi connectivity index (χ3v) is 3.35. The maximum Gasteiger partial charge on any atom is 0.221 e. The van der Waals surface area contributed by atoms with E-state index in [0.29, 0.717) is 13.2 Å². The van der Waals surface area contributed by atoms with Crippen LogP contribution in [0.15, 0.2) is 12.7 Å². The number of hydrogen-bond acceptors (Lipinski definition) is 4. The summed E-state index contributed by atoms with van der Waals surface area (Å²) in [7, 11) is -1.80. The first-order valence-electron chi connectivity index (χ1n) is 5.23. The van der Waals surface area contributed by atoms with E-state index in [4.69, 9.17) is 4.74 Å². The highest BCUT2D eigenvalue weighted by molar-refractivity contribution is 7.88. The zero-order chi connectivity index (χ0) is 13.3. The molecule has 0 aliphatic heterocycles. The Balaban J connectivity index is 4.17. The fraction of sp³-hybridized carbons (Fsp3) is 0.700. The van der Waals surface area contributed by atoms with Crippen LogP contribution < -0.4 is 5.32 Å². The molecule has 0 aromatic rings. The van der Waals surface area contributed by atoms with E-state index >= 15 is 0 Å². The number of methoxy groups -OCH3 is 1. The van der Waals surface area contributed by atoms with Gasteiger partial charge in [0, 0.05) is 33.2 Å². The zero-order valence-electron chi connectivity index (χ0n) is 10.3. The molecule has 0 spiro atoms. The summed E-state index contributed by atoms with van der Waals surface area (Å²) < 4.78 is 28.8. The molecule has 0 atom stereocenters. The lowest BCUT2D eigenvalue weighted by atomic mass is 10.4. The Morgan fingerprint density at radius 2 is 2.12 bits per heavy atom. The highest BCUT2D eigenvalue weighted by atomic mass is 32.2. The van der Waals surface area contributed by atoms with Crippen molar-refractivity contribution in [3.8, 4) is 0 Å². The Morgan fingerprint density at radius 1 is 1.47 bits per heavy atom. The van der Waals surface area contributed by atoms with Crippen molar-refractivity contribution in [2.24, 2.45) is 0 Å². The van der Waals surface area contributed by atoms with E-state index in [1.807, 2.05) is 0 Å². The molecule has 0 aromatic carbocycles. The highest BCUT2D eigenvalue weighted by Gasteiger charge is 2.17. The Kier molecular flexibility index (Phi) is 7.77. The summed E-state index contributed by atoms with van der Waals surface area (Å²) >= 11 is 0. The van der Waals surface area contributed by atoms with Gasteiger partial charge in [-0.25, -0.2) is 8.42 Å². The van der Waals surface area contributed by atoms with E-state index in [-0.39, 0.29) is 25.4 Å². The van der Waals surface area contributed by atoms with Gasteiger partial charge in [-0.15, -0.1) is 6.58 Å². The first kappa shape index (κ1) is 16.1. The van der Waals surface area contributed by atoms with E-state index in [1.165, 1.54) is 11.4 Å². The SMILES string of the molecule is C=CCNC(=O)CCN(CCOC)S(C)(=O)=O. The molecule has 17 heavy (non-hydrogen) atoms. The molecule has 0 saturated heterocycles. The molecule has 0 rings (SSSR count). The summed E-state index contributed by atoms with van der Waals surface area (Å²) in [6, 6.07) is 0. The van der Waals surface area contributed by atoms with Crippen LogP contribution in [-0.4, -0.2) is 58.2 Å². The van der Waals surface area contributed by atoms with E-state index in [0.717, 1.165) is 6.26 Å². The molecular formula is C10H20N2O4S. The largest absolute Gasteiger partial charge is 0.383 e. The molecule has 6 nitrogen and oxygen atoms in total. The molecule has 0 saturated carbocycles. The van der Waals surface area contributed by atoms with Gasteiger partial charge < -0.3 is 10.1 Å². The van der Waals surface area contributed by atoms with Crippen LogP contribution in [0.2, 0.25) is 0 Å². The van der Waals surface area contributed by atoms with Crippen molar-refractivity contribution in [1.29, 1.82) is 0 Å². The van der Waals surface area contributed by atoms with Crippen LogP contribution in [-0.2, 0) is 19.6 Å². The summed E-state index contributed by atoms with van der Waals surface area (Å²) in [4.78, 5) is 11.3. The fourth-order valence-electron chi connectivity index (χ4n) is 1.14. The molecule has 0 radical (unpaired) electrons. The molecule has 0 fully saturated rings. The van der Waals surface area contributed by atoms with E-state index < -0.39 is 10.0 Å². The molecule has 0 bridgehead atoms. The van der Waals surface area contributed by atoms with Gasteiger partial charge in [0.15, 0.2) is 0 Å². The quantitative estimate of drug-likeness (QED) is 0.574. The summed E-state index contributed by atoms with van der Waals surface area (Å²) in [5.41, 5.74) is 0. The minimum Gasteiger partial charge on any atom is -0.383 e. The smallest absolute Gasteiger partial charge is 0.221 e. The monoisotopic (exact) mass is 264 g/mol. The van der Waals surface area contributed by atoms with Crippen molar-refractivity contribution in [3.05, 3.63) is 12.7 Å². The lowest BCUT2D eigenvalue weighted by Gasteiger charge is -2.18. The Morgan fingerprint density at radius 3 is 2.59 bits per heavy atom. The van der Waals surface area contributed by atoms with Crippen LogP contribution in [0.5, 0.6) is 0 Å². The highest BCUT2D eigenvalue weighted by Crippen LogP contribution is 1.99. The van der Waals surface area contributed by atoms with E-state index in [9.17, 15) is 13.2 Å². The van der Waals surface area contributed by atoms with Gasteiger partial charge in [0.1, 0.15) is 0 Å². The first-order valence-corrected chi connectivity index (χ1v) is 7.08. The number of hydrogen-bond donors (Lipinski definition) is 1. The number of carbonyl (C=O) groups is 1. The van der Waals surface area contributed by atoms with E-state index in [2.05, 4.69) is 11.9 Å². The summed E-state index contributed by atoms with van der Waals surface area (Å²) in [5.74, 6) is -0.198. The van der Waals surface area contributed by atoms with Gasteiger partial charge in [0.25, 0.3) is 0 Å². The first-order chi connectivity index (χ1) is 7.91. The molecule has 1 amide bonds. The third kappa shape index (κ3) is 7.89. The topological polar surface area (TPSA) is 75.7 Å². The second kappa shape index (κ2) is 8.21. The van der Waals surface area contributed by atoms with Crippen LogP contribution in [0.3, 0.4) is 0 Å². The molecule has 7 heteroatoms. The van der Waals surface area contributed by atoms with Gasteiger partial charge in [-0.3, -0.25) is 4.79 Å². The minimum atomic E-state index is -3.30. The molecule has 100 valence electrons. The lowest BCUT2D eigenvalue weighted by molar-refractivity contribution is -0.121. The lowest BCUT2D eigenvalue weighted by Crippen LogP contribution is -2.36. The predicted octanol–water partition coefficient (Wildman–Crippen LogP) is -0.413. The Labute approximate surface area is 103 Å². The molecule has 0 aliphatic rings. The molecule has 0 aliphatic carbocycles. The second-order valence-electron chi connectivity index (χ2n) is 3.50. The van der Waals surface area contributed by atoms with Gasteiger partial charge in [-0.1, -0.05) is 6.08 Å². The minimum absolute atomic E-state index is 0.130. The molecule has 0 unspecified atom stereocenters. The van der Waals surface area contributed by atoms with Crippen LogP contribution in [0.4, 0.5) is 0 Å². The number of sulfonamides is 1. The van der Waals surface area contributed by atoms with Gasteiger partial charge in [-0.05, 0) is 0 Å². The van der Waals surface area contributed by atoms with Crippen LogP contribution in [0, 0.1) is 0 Å². The van der Waals surface area contributed by atoms with E-state index in [1.54, 1.807) is 6.08 Å². The van der Waals surface area contributed by atoms with Gasteiger partial charge in [0.2, 0.25) is 15.9 Å². The normalized spacial score (nSPS) is 11.5. The summed E-state index contributed by atoms with van der Waals surface area (Å²) in [6.07, 6.45) is 2.81. The van der Waals surface area contributed by atoms with Crippen molar-refractivity contribution in [3.63, 3.8) is 0 Å². The van der Waals surface area contributed by atoms with Crippen molar-refractivity contribution in [2.75, 3.05) is 39.6 Å². The second-order valence-corrected chi connectivity index (χ2v) is 5.48. The van der Waals surface area contributed by atoms with Crippen LogP contribution in [0.25, 0.3) is 0 Å². The maximum absolute atomic E-state index is 11.4. The zero-order valence-corrected chi connectivity index (χ0v) is 11.1. The fourth-order valence-corrected chi connectivity index (χ4v) is 1.97. The van der Waals surface area contributed by atoms with Gasteiger partial charge >= 0.3 is 0 Å². The molecule has 1 N–H and O–H groups in total. The number of carbonyl (C=O) groups excluding carboxylic acids is 1. The Hall–Kier alpha value is -0.920. The van der Waals surface area contributed by atoms with Crippen molar-refractivity contribution in [1.82, 2.24) is 9.62 Å². The molecular weight excluding hydrogens is 244 g/mol. The Bertz CT molecular complexity index is 340. The van der Waals surface area contributed by atoms with Gasteiger partial charge in [-0.2, -0.15) is 4.31 Å².